The number of benzene rings is 1. The zero-order valence-corrected chi connectivity index (χ0v) is 8.53. The molecule has 0 aliphatic heterocycles. The molecule has 1 aromatic carbocycles. The van der Waals surface area contributed by atoms with Gasteiger partial charge in [-0.25, -0.2) is 4.39 Å². The van der Waals surface area contributed by atoms with Crippen molar-refractivity contribution in [3.05, 3.63) is 34.0 Å². The number of hydrogen-bond donors (Lipinski definition) is 0. The van der Waals surface area contributed by atoms with Crippen molar-refractivity contribution in [2.45, 2.75) is 0 Å². The maximum atomic E-state index is 13.3. The molecule has 2 aromatic rings. The molecular formula is C8H4FIN2O. The maximum Gasteiger partial charge on any atom is 0.214 e. The SMILES string of the molecule is Fc1cc(I)ccc1-c1ncon1. The summed E-state index contributed by atoms with van der Waals surface area (Å²) in [5.74, 6) is -0.0674. The lowest BCUT2D eigenvalue weighted by atomic mass is 10.2. The van der Waals surface area contributed by atoms with Gasteiger partial charge in [-0.3, -0.25) is 0 Å². The fourth-order valence-corrected chi connectivity index (χ4v) is 1.41. The molecule has 0 unspecified atom stereocenters. The molecule has 0 aliphatic carbocycles. The topological polar surface area (TPSA) is 38.9 Å². The molecule has 0 fully saturated rings. The van der Waals surface area contributed by atoms with Crippen molar-refractivity contribution in [2.24, 2.45) is 0 Å². The van der Waals surface area contributed by atoms with Crippen LogP contribution in [0.1, 0.15) is 0 Å². The van der Waals surface area contributed by atoms with Crippen LogP contribution in [0.2, 0.25) is 0 Å². The van der Waals surface area contributed by atoms with Crippen molar-refractivity contribution in [1.29, 1.82) is 0 Å². The zero-order valence-electron chi connectivity index (χ0n) is 6.37. The van der Waals surface area contributed by atoms with Crippen LogP contribution in [-0.2, 0) is 0 Å². The van der Waals surface area contributed by atoms with Crippen LogP contribution in [-0.4, -0.2) is 10.1 Å². The van der Waals surface area contributed by atoms with E-state index in [0.29, 0.717) is 5.56 Å². The summed E-state index contributed by atoms with van der Waals surface area (Å²) in [6.07, 6.45) is 1.17. The predicted molar refractivity (Wildman–Crippen MR) is 52.4 cm³/mol. The molecular weight excluding hydrogens is 286 g/mol. The first-order chi connectivity index (χ1) is 6.27. The highest BCUT2D eigenvalue weighted by molar-refractivity contribution is 14.1. The lowest BCUT2D eigenvalue weighted by Gasteiger charge is -1.96. The van der Waals surface area contributed by atoms with Crippen LogP contribution in [0.3, 0.4) is 0 Å². The summed E-state index contributed by atoms with van der Waals surface area (Å²) in [6, 6.07) is 4.84. The van der Waals surface area contributed by atoms with Crippen LogP contribution in [0.25, 0.3) is 11.4 Å². The number of aromatic nitrogens is 2. The Bertz CT molecular complexity index is 416. The van der Waals surface area contributed by atoms with Crippen molar-refractivity contribution in [3.8, 4) is 11.4 Å². The Morgan fingerprint density at radius 3 is 2.85 bits per heavy atom. The van der Waals surface area contributed by atoms with Crippen LogP contribution < -0.4 is 0 Å². The third-order valence-electron chi connectivity index (χ3n) is 1.53. The predicted octanol–water partition coefficient (Wildman–Crippen LogP) is 2.48. The third kappa shape index (κ3) is 1.69. The number of rotatable bonds is 1. The first kappa shape index (κ1) is 8.61. The molecule has 1 heterocycles. The molecule has 1 aromatic heterocycles. The van der Waals surface area contributed by atoms with Crippen molar-refractivity contribution in [2.75, 3.05) is 0 Å². The van der Waals surface area contributed by atoms with E-state index < -0.39 is 0 Å². The first-order valence-corrected chi connectivity index (χ1v) is 4.57. The van der Waals surface area contributed by atoms with E-state index in [1.54, 1.807) is 12.1 Å². The normalized spacial score (nSPS) is 10.3. The molecule has 0 N–H and O–H groups in total. The second-order valence-corrected chi connectivity index (χ2v) is 3.62. The average Bonchev–Trinajstić information content (AvgIpc) is 2.56. The second-order valence-electron chi connectivity index (χ2n) is 2.38. The van der Waals surface area contributed by atoms with Crippen LogP contribution >= 0.6 is 22.6 Å². The smallest absolute Gasteiger partial charge is 0.214 e. The van der Waals surface area contributed by atoms with Crippen LogP contribution in [0.5, 0.6) is 0 Å². The summed E-state index contributed by atoms with van der Waals surface area (Å²) in [7, 11) is 0. The van der Waals surface area contributed by atoms with Gasteiger partial charge >= 0.3 is 0 Å². The van der Waals surface area contributed by atoms with E-state index in [2.05, 4.69) is 14.7 Å². The summed E-state index contributed by atoms with van der Waals surface area (Å²) in [5, 5.41) is 3.55. The molecule has 0 amide bonds. The van der Waals surface area contributed by atoms with Gasteiger partial charge in [0.25, 0.3) is 0 Å². The Morgan fingerprint density at radius 1 is 1.38 bits per heavy atom. The Hall–Kier alpha value is -0.980. The summed E-state index contributed by atoms with van der Waals surface area (Å²) >= 11 is 2.04. The number of hydrogen-bond acceptors (Lipinski definition) is 3. The Morgan fingerprint density at radius 2 is 2.23 bits per heavy atom. The standard InChI is InChI=1S/C8H4FIN2O/c9-7-3-5(10)1-2-6(7)8-11-4-13-12-8/h1-4H. The lowest BCUT2D eigenvalue weighted by molar-refractivity contribution is 0.418. The van der Waals surface area contributed by atoms with E-state index in [9.17, 15) is 4.39 Å². The van der Waals surface area contributed by atoms with Gasteiger partial charge in [-0.05, 0) is 40.8 Å². The third-order valence-corrected chi connectivity index (χ3v) is 2.20. The monoisotopic (exact) mass is 290 g/mol. The molecule has 3 nitrogen and oxygen atoms in total. The molecule has 0 spiro atoms. The fraction of sp³-hybridized carbons (Fsp3) is 0. The Kier molecular flexibility index (Phi) is 2.26. The molecule has 13 heavy (non-hydrogen) atoms. The highest BCUT2D eigenvalue weighted by Crippen LogP contribution is 2.20. The van der Waals surface area contributed by atoms with Gasteiger partial charge in [-0.15, -0.1) is 0 Å². The number of nitrogens with zero attached hydrogens (tertiary/aromatic N) is 2. The summed E-state index contributed by atoms with van der Waals surface area (Å²) in [5.41, 5.74) is 0.356. The fourth-order valence-electron chi connectivity index (χ4n) is 0.960. The largest absolute Gasteiger partial charge is 0.342 e. The lowest BCUT2D eigenvalue weighted by Crippen LogP contribution is -1.86. The molecule has 66 valence electrons. The Labute approximate surface area is 87.1 Å². The molecule has 5 heteroatoms. The zero-order chi connectivity index (χ0) is 9.26. The van der Waals surface area contributed by atoms with Gasteiger partial charge in [-0.1, -0.05) is 5.16 Å². The van der Waals surface area contributed by atoms with Crippen molar-refractivity contribution in [1.82, 2.24) is 10.1 Å². The summed E-state index contributed by atoms with van der Waals surface area (Å²) in [4.78, 5) is 3.76. The van der Waals surface area contributed by atoms with Gasteiger partial charge < -0.3 is 4.52 Å². The number of halogens is 2. The average molecular weight is 290 g/mol. The van der Waals surface area contributed by atoms with E-state index in [0.717, 1.165) is 3.57 Å². The molecule has 0 radical (unpaired) electrons. The maximum absolute atomic E-state index is 13.3. The van der Waals surface area contributed by atoms with Crippen molar-refractivity contribution >= 4 is 22.6 Å². The molecule has 0 bridgehead atoms. The van der Waals surface area contributed by atoms with Crippen LogP contribution in [0.15, 0.2) is 29.1 Å². The first-order valence-electron chi connectivity index (χ1n) is 3.49. The van der Waals surface area contributed by atoms with E-state index in [1.807, 2.05) is 22.6 Å². The van der Waals surface area contributed by atoms with Gasteiger partial charge in [0.2, 0.25) is 12.2 Å². The Balaban J connectivity index is 2.53. The molecule has 0 aliphatic rings. The van der Waals surface area contributed by atoms with Gasteiger partial charge in [-0.2, -0.15) is 4.98 Å². The van der Waals surface area contributed by atoms with Gasteiger partial charge in [0, 0.05) is 3.57 Å². The second kappa shape index (κ2) is 3.41. The summed E-state index contributed by atoms with van der Waals surface area (Å²) < 4.78 is 18.6. The van der Waals surface area contributed by atoms with Gasteiger partial charge in [0.15, 0.2) is 0 Å². The van der Waals surface area contributed by atoms with Crippen LogP contribution in [0.4, 0.5) is 4.39 Å². The van der Waals surface area contributed by atoms with Crippen molar-refractivity contribution < 1.29 is 8.91 Å². The minimum Gasteiger partial charge on any atom is -0.342 e. The highest BCUT2D eigenvalue weighted by Gasteiger charge is 2.08. The minimum absolute atomic E-state index is 0.272. The van der Waals surface area contributed by atoms with Gasteiger partial charge in [0.1, 0.15) is 5.82 Å². The molecule has 2 rings (SSSR count). The summed E-state index contributed by atoms with van der Waals surface area (Å²) in [6.45, 7) is 0. The quantitative estimate of drug-likeness (QED) is 0.757. The van der Waals surface area contributed by atoms with E-state index in [4.69, 9.17) is 0 Å². The van der Waals surface area contributed by atoms with E-state index in [-0.39, 0.29) is 11.6 Å². The molecule has 0 saturated heterocycles. The minimum atomic E-state index is -0.340. The molecule has 0 saturated carbocycles. The van der Waals surface area contributed by atoms with Crippen LogP contribution in [0, 0.1) is 9.39 Å². The highest BCUT2D eigenvalue weighted by atomic mass is 127. The van der Waals surface area contributed by atoms with E-state index >= 15 is 0 Å². The van der Waals surface area contributed by atoms with Gasteiger partial charge in [0.05, 0.1) is 5.56 Å². The molecule has 0 atom stereocenters. The van der Waals surface area contributed by atoms with E-state index in [1.165, 1.54) is 12.5 Å². The van der Waals surface area contributed by atoms with Crippen molar-refractivity contribution in [3.63, 3.8) is 0 Å².